The molecule has 0 aliphatic rings. The van der Waals surface area contributed by atoms with Crippen LogP contribution in [0.1, 0.15) is 32.9 Å². The van der Waals surface area contributed by atoms with Gasteiger partial charge in [-0.3, -0.25) is 4.98 Å². The average Bonchev–Trinajstić information content (AvgIpc) is 2.10. The predicted molar refractivity (Wildman–Crippen MR) is 55.7 cm³/mol. The molecule has 0 bridgehead atoms. The average molecular weight is 195 g/mol. The van der Waals surface area contributed by atoms with Crippen molar-refractivity contribution in [2.75, 3.05) is 0 Å². The van der Waals surface area contributed by atoms with Gasteiger partial charge in [0.1, 0.15) is 0 Å². The van der Waals surface area contributed by atoms with E-state index in [-0.39, 0.29) is 11.9 Å². The fourth-order valence-electron chi connectivity index (χ4n) is 1.21. The zero-order chi connectivity index (χ0) is 10.6. The topological polar surface area (TPSA) is 42.4 Å². The van der Waals surface area contributed by atoms with Crippen LogP contribution in [0.2, 0.25) is 0 Å². The van der Waals surface area contributed by atoms with Crippen molar-refractivity contribution in [3.05, 3.63) is 18.0 Å². The quantitative estimate of drug-likeness (QED) is 0.802. The third-order valence-corrected chi connectivity index (χ3v) is 1.77. The number of pyridine rings is 1. The van der Waals surface area contributed by atoms with Crippen LogP contribution in [0.5, 0.6) is 11.5 Å². The van der Waals surface area contributed by atoms with Crippen LogP contribution >= 0.6 is 0 Å². The van der Waals surface area contributed by atoms with Crippen molar-refractivity contribution in [3.63, 3.8) is 0 Å². The molecule has 0 spiro atoms. The van der Waals surface area contributed by atoms with Gasteiger partial charge in [0, 0.05) is 11.8 Å². The van der Waals surface area contributed by atoms with E-state index in [0.29, 0.717) is 5.75 Å². The van der Waals surface area contributed by atoms with Crippen molar-refractivity contribution in [2.45, 2.75) is 39.7 Å². The van der Waals surface area contributed by atoms with E-state index in [1.54, 1.807) is 6.07 Å². The Kier molecular flexibility index (Phi) is 3.74. The number of hydrogen-bond acceptors (Lipinski definition) is 3. The van der Waals surface area contributed by atoms with E-state index >= 15 is 0 Å². The largest absolute Gasteiger partial charge is 0.503 e. The molecule has 0 amide bonds. The van der Waals surface area contributed by atoms with E-state index in [4.69, 9.17) is 4.74 Å². The molecule has 0 aromatic carbocycles. The standard InChI is InChI=1S/C11H17NO2/c1-4-5-9-6-11(14-8(2)3)10(13)7-12-9/h6-8,13H,4-5H2,1-3H3. The van der Waals surface area contributed by atoms with Crippen LogP contribution in [0.15, 0.2) is 12.3 Å². The minimum Gasteiger partial charge on any atom is -0.503 e. The van der Waals surface area contributed by atoms with Crippen LogP contribution in [-0.2, 0) is 6.42 Å². The molecule has 1 aromatic rings. The summed E-state index contributed by atoms with van der Waals surface area (Å²) >= 11 is 0. The first kappa shape index (κ1) is 10.8. The Morgan fingerprint density at radius 1 is 1.50 bits per heavy atom. The van der Waals surface area contributed by atoms with Crippen molar-refractivity contribution in [1.82, 2.24) is 4.98 Å². The van der Waals surface area contributed by atoms with Gasteiger partial charge in [-0.2, -0.15) is 0 Å². The number of rotatable bonds is 4. The lowest BCUT2D eigenvalue weighted by atomic mass is 10.2. The molecule has 0 atom stereocenters. The summed E-state index contributed by atoms with van der Waals surface area (Å²) in [7, 11) is 0. The summed E-state index contributed by atoms with van der Waals surface area (Å²) in [6, 6.07) is 1.80. The second-order valence-corrected chi connectivity index (χ2v) is 3.56. The highest BCUT2D eigenvalue weighted by molar-refractivity contribution is 5.37. The van der Waals surface area contributed by atoms with Crippen LogP contribution < -0.4 is 4.74 Å². The summed E-state index contributed by atoms with van der Waals surface area (Å²) in [6.45, 7) is 5.95. The van der Waals surface area contributed by atoms with Gasteiger partial charge in [-0.25, -0.2) is 0 Å². The molecule has 1 N–H and O–H groups in total. The van der Waals surface area contributed by atoms with Gasteiger partial charge in [-0.1, -0.05) is 13.3 Å². The maximum atomic E-state index is 9.46. The van der Waals surface area contributed by atoms with Crippen LogP contribution in [0.3, 0.4) is 0 Å². The molecule has 0 radical (unpaired) electrons. The van der Waals surface area contributed by atoms with E-state index in [2.05, 4.69) is 11.9 Å². The fraction of sp³-hybridized carbons (Fsp3) is 0.545. The molecular formula is C11H17NO2. The van der Waals surface area contributed by atoms with Crippen molar-refractivity contribution in [2.24, 2.45) is 0 Å². The lowest BCUT2D eigenvalue weighted by molar-refractivity contribution is 0.231. The SMILES string of the molecule is CCCc1cc(OC(C)C)c(O)cn1. The minimum atomic E-state index is 0.0674. The normalized spacial score (nSPS) is 10.6. The summed E-state index contributed by atoms with van der Waals surface area (Å²) in [5.41, 5.74) is 0.959. The monoisotopic (exact) mass is 195 g/mol. The Bertz CT molecular complexity index is 297. The second kappa shape index (κ2) is 4.84. The first-order valence-electron chi connectivity index (χ1n) is 4.98. The molecular weight excluding hydrogens is 178 g/mol. The van der Waals surface area contributed by atoms with Crippen LogP contribution in [-0.4, -0.2) is 16.2 Å². The highest BCUT2D eigenvalue weighted by atomic mass is 16.5. The number of aromatic hydroxyl groups is 1. The van der Waals surface area contributed by atoms with Gasteiger partial charge >= 0.3 is 0 Å². The summed E-state index contributed by atoms with van der Waals surface area (Å²) < 4.78 is 5.44. The van der Waals surface area contributed by atoms with Crippen molar-refractivity contribution < 1.29 is 9.84 Å². The van der Waals surface area contributed by atoms with Gasteiger partial charge in [0.2, 0.25) is 0 Å². The zero-order valence-corrected chi connectivity index (χ0v) is 8.95. The number of ether oxygens (including phenoxy) is 1. The predicted octanol–water partition coefficient (Wildman–Crippen LogP) is 2.53. The molecule has 0 aliphatic carbocycles. The Balaban J connectivity index is 2.84. The smallest absolute Gasteiger partial charge is 0.176 e. The van der Waals surface area contributed by atoms with Gasteiger partial charge in [-0.05, 0) is 20.3 Å². The molecule has 0 fully saturated rings. The van der Waals surface area contributed by atoms with Crippen LogP contribution in [0, 0.1) is 0 Å². The molecule has 14 heavy (non-hydrogen) atoms. The van der Waals surface area contributed by atoms with Crippen LogP contribution in [0.4, 0.5) is 0 Å². The highest BCUT2D eigenvalue weighted by Crippen LogP contribution is 2.26. The lowest BCUT2D eigenvalue weighted by Crippen LogP contribution is -2.06. The molecule has 0 aliphatic heterocycles. The number of hydrogen-bond donors (Lipinski definition) is 1. The second-order valence-electron chi connectivity index (χ2n) is 3.56. The third-order valence-electron chi connectivity index (χ3n) is 1.77. The summed E-state index contributed by atoms with van der Waals surface area (Å²) in [6.07, 6.45) is 3.47. The van der Waals surface area contributed by atoms with E-state index < -0.39 is 0 Å². The van der Waals surface area contributed by atoms with Gasteiger partial charge in [0.05, 0.1) is 12.3 Å². The Hall–Kier alpha value is -1.25. The lowest BCUT2D eigenvalue weighted by Gasteiger charge is -2.11. The maximum absolute atomic E-state index is 9.46. The van der Waals surface area contributed by atoms with Crippen LogP contribution in [0.25, 0.3) is 0 Å². The van der Waals surface area contributed by atoms with Gasteiger partial charge in [0.25, 0.3) is 0 Å². The Labute approximate surface area is 84.7 Å². The minimum absolute atomic E-state index is 0.0674. The Morgan fingerprint density at radius 2 is 2.21 bits per heavy atom. The number of aromatic nitrogens is 1. The van der Waals surface area contributed by atoms with Crippen molar-refractivity contribution >= 4 is 0 Å². The number of aryl methyl sites for hydroxylation is 1. The first-order chi connectivity index (χ1) is 6.63. The molecule has 78 valence electrons. The number of nitrogens with zero attached hydrogens (tertiary/aromatic N) is 1. The van der Waals surface area contributed by atoms with Gasteiger partial charge in [0.15, 0.2) is 11.5 Å². The van der Waals surface area contributed by atoms with E-state index in [9.17, 15) is 5.11 Å². The molecule has 1 heterocycles. The van der Waals surface area contributed by atoms with Crippen molar-refractivity contribution in [1.29, 1.82) is 0 Å². The molecule has 3 nitrogen and oxygen atoms in total. The molecule has 1 aromatic heterocycles. The fourth-order valence-corrected chi connectivity index (χ4v) is 1.21. The molecule has 0 saturated carbocycles. The molecule has 3 heteroatoms. The zero-order valence-electron chi connectivity index (χ0n) is 8.95. The summed E-state index contributed by atoms with van der Waals surface area (Å²) in [5, 5.41) is 9.46. The highest BCUT2D eigenvalue weighted by Gasteiger charge is 2.06. The van der Waals surface area contributed by atoms with Gasteiger partial charge < -0.3 is 9.84 Å². The summed E-state index contributed by atoms with van der Waals surface area (Å²) in [4.78, 5) is 4.11. The molecule has 0 unspecified atom stereocenters. The third kappa shape index (κ3) is 2.91. The Morgan fingerprint density at radius 3 is 2.79 bits per heavy atom. The summed E-state index contributed by atoms with van der Waals surface area (Å²) in [5.74, 6) is 0.636. The van der Waals surface area contributed by atoms with E-state index in [0.717, 1.165) is 18.5 Å². The first-order valence-corrected chi connectivity index (χ1v) is 4.98. The molecule has 0 saturated heterocycles. The van der Waals surface area contributed by atoms with Crippen molar-refractivity contribution in [3.8, 4) is 11.5 Å². The molecule has 1 rings (SSSR count). The van der Waals surface area contributed by atoms with Gasteiger partial charge in [-0.15, -0.1) is 0 Å². The van der Waals surface area contributed by atoms with E-state index in [1.165, 1.54) is 6.20 Å². The maximum Gasteiger partial charge on any atom is 0.176 e. The van der Waals surface area contributed by atoms with E-state index in [1.807, 2.05) is 13.8 Å².